The molecule has 0 radical (unpaired) electrons. The molecule has 0 saturated heterocycles. The van der Waals surface area contributed by atoms with E-state index < -0.39 is 22.7 Å². The van der Waals surface area contributed by atoms with Crippen LogP contribution in [0.25, 0.3) is 11.0 Å². The second kappa shape index (κ2) is 9.42. The average Bonchev–Trinajstić information content (AvgIpc) is 3.23. The normalized spacial score (nSPS) is 11.5. The van der Waals surface area contributed by atoms with Gasteiger partial charge in [0.15, 0.2) is 5.78 Å². The Balaban J connectivity index is 1.49. The van der Waals surface area contributed by atoms with E-state index in [2.05, 4.69) is 20.6 Å². The zero-order valence-corrected chi connectivity index (χ0v) is 19.4. The van der Waals surface area contributed by atoms with E-state index in [9.17, 15) is 22.8 Å². The number of benzene rings is 2. The molecule has 2 aromatic carbocycles. The van der Waals surface area contributed by atoms with Gasteiger partial charge in [-0.2, -0.15) is 13.2 Å². The number of Topliss-reactive ketones (excluding diaryl/α,β-unsaturated/α-hetero) is 1. The fourth-order valence-electron chi connectivity index (χ4n) is 3.53. The topological polar surface area (TPSA) is 86.9 Å². The molecule has 4 aromatic rings. The number of alkyl halides is 3. The Morgan fingerprint density at radius 1 is 1.06 bits per heavy atom. The largest absolute Gasteiger partial charge is 0.417 e. The van der Waals surface area contributed by atoms with Crippen molar-refractivity contribution in [1.82, 2.24) is 9.97 Å². The van der Waals surface area contributed by atoms with Gasteiger partial charge in [0.25, 0.3) is 5.91 Å². The molecular weight excluding hydrogens is 481 g/mol. The van der Waals surface area contributed by atoms with Crippen molar-refractivity contribution in [3.05, 3.63) is 87.7 Å². The fraction of sp³-hybridized carbons (Fsp3) is 0.160. The molecule has 180 valence electrons. The lowest BCUT2D eigenvalue weighted by Crippen LogP contribution is -2.15. The summed E-state index contributed by atoms with van der Waals surface area (Å²) in [6.07, 6.45) is -3.02. The number of nitrogens with zero attached hydrogens (tertiary/aromatic N) is 1. The number of carbonyl (C=O) groups excluding carboxylic acids is 2. The van der Waals surface area contributed by atoms with Crippen LogP contribution < -0.4 is 10.6 Å². The number of fused-ring (bicyclic) bond motifs is 1. The van der Waals surface area contributed by atoms with E-state index in [0.29, 0.717) is 23.6 Å². The number of pyridine rings is 1. The number of aromatic amines is 1. The molecule has 1 amide bonds. The quantitative estimate of drug-likeness (QED) is 0.260. The van der Waals surface area contributed by atoms with Crippen molar-refractivity contribution >= 4 is 45.7 Å². The average molecular weight is 501 g/mol. The first-order valence-corrected chi connectivity index (χ1v) is 10.9. The summed E-state index contributed by atoms with van der Waals surface area (Å²) >= 11 is 5.64. The smallest absolute Gasteiger partial charge is 0.380 e. The molecule has 0 saturated carbocycles. The van der Waals surface area contributed by atoms with Gasteiger partial charge in [-0.3, -0.25) is 9.59 Å². The van der Waals surface area contributed by atoms with Crippen LogP contribution in [-0.4, -0.2) is 21.7 Å². The van der Waals surface area contributed by atoms with Crippen molar-refractivity contribution in [3.8, 4) is 0 Å². The number of hydrogen-bond acceptors (Lipinski definition) is 4. The minimum absolute atomic E-state index is 0.0831. The SMILES string of the molecule is CC(=O)c1cc2cc(NCc3cc(NC(=O)c4ccc(Cl)c(C(F)(F)F)c4)ccc3C)cnc2[nH]1. The molecule has 0 atom stereocenters. The molecule has 0 bridgehead atoms. The molecule has 0 aliphatic heterocycles. The number of aryl methyl sites for hydroxylation is 1. The number of amides is 1. The maximum atomic E-state index is 13.1. The van der Waals surface area contributed by atoms with Crippen LogP contribution in [-0.2, 0) is 12.7 Å². The third-order valence-electron chi connectivity index (χ3n) is 5.47. The van der Waals surface area contributed by atoms with Crippen LogP contribution in [0.4, 0.5) is 24.5 Å². The minimum Gasteiger partial charge on any atom is -0.380 e. The number of aromatic nitrogens is 2. The van der Waals surface area contributed by atoms with E-state index in [-0.39, 0.29) is 11.3 Å². The Bertz CT molecular complexity index is 1450. The van der Waals surface area contributed by atoms with Crippen molar-refractivity contribution in [2.24, 2.45) is 0 Å². The first-order valence-electron chi connectivity index (χ1n) is 10.5. The first-order chi connectivity index (χ1) is 16.5. The summed E-state index contributed by atoms with van der Waals surface area (Å²) in [4.78, 5) is 31.4. The Hall–Kier alpha value is -3.85. The van der Waals surface area contributed by atoms with Gasteiger partial charge in [0.2, 0.25) is 0 Å². The van der Waals surface area contributed by atoms with Crippen LogP contribution in [0.1, 0.15) is 44.5 Å². The Labute approximate surface area is 203 Å². The summed E-state index contributed by atoms with van der Waals surface area (Å²) in [7, 11) is 0. The first kappa shape index (κ1) is 24.3. The second-order valence-electron chi connectivity index (χ2n) is 8.04. The predicted octanol–water partition coefficient (Wildman–Crippen LogP) is 6.61. The summed E-state index contributed by atoms with van der Waals surface area (Å²) in [5.74, 6) is -0.765. The molecule has 0 spiro atoms. The molecule has 0 unspecified atom stereocenters. The van der Waals surface area contributed by atoms with E-state index in [4.69, 9.17) is 11.6 Å². The summed E-state index contributed by atoms with van der Waals surface area (Å²) in [6, 6.07) is 11.9. The highest BCUT2D eigenvalue weighted by Gasteiger charge is 2.33. The van der Waals surface area contributed by atoms with Crippen LogP contribution in [0.5, 0.6) is 0 Å². The van der Waals surface area contributed by atoms with Crippen LogP contribution in [0.15, 0.2) is 54.7 Å². The molecule has 6 nitrogen and oxygen atoms in total. The van der Waals surface area contributed by atoms with E-state index in [1.54, 1.807) is 24.4 Å². The van der Waals surface area contributed by atoms with Crippen molar-refractivity contribution in [2.75, 3.05) is 10.6 Å². The molecule has 2 heterocycles. The molecular formula is C25H20ClF3N4O2. The highest BCUT2D eigenvalue weighted by Crippen LogP contribution is 2.35. The molecule has 0 aliphatic rings. The van der Waals surface area contributed by atoms with Crippen molar-refractivity contribution in [2.45, 2.75) is 26.6 Å². The van der Waals surface area contributed by atoms with Gasteiger partial charge in [0.1, 0.15) is 5.65 Å². The van der Waals surface area contributed by atoms with E-state index in [1.807, 2.05) is 19.1 Å². The van der Waals surface area contributed by atoms with Gasteiger partial charge in [-0.15, -0.1) is 0 Å². The van der Waals surface area contributed by atoms with Crippen LogP contribution >= 0.6 is 11.6 Å². The minimum atomic E-state index is -4.66. The van der Waals surface area contributed by atoms with Gasteiger partial charge < -0.3 is 15.6 Å². The van der Waals surface area contributed by atoms with Gasteiger partial charge in [0.05, 0.1) is 28.2 Å². The Kier molecular flexibility index (Phi) is 6.53. The molecule has 2 aromatic heterocycles. The molecule has 0 aliphatic carbocycles. The lowest BCUT2D eigenvalue weighted by molar-refractivity contribution is -0.137. The lowest BCUT2D eigenvalue weighted by Gasteiger charge is -2.13. The standard InChI is InChI=1S/C25H20ClF3N4O2/c1-13-3-5-18(32-24(35)15-4-6-21(26)20(9-15)25(27,28)29)8-17(13)11-30-19-7-16-10-22(14(2)34)33-23(16)31-12-19/h3-10,12,30H,11H2,1-2H3,(H,31,33)(H,32,35). The van der Waals surface area contributed by atoms with Crippen LogP contribution in [0.2, 0.25) is 5.02 Å². The van der Waals surface area contributed by atoms with Crippen LogP contribution in [0.3, 0.4) is 0 Å². The molecule has 4 rings (SSSR count). The third-order valence-corrected chi connectivity index (χ3v) is 5.80. The number of rotatable bonds is 6. The number of anilines is 2. The zero-order valence-electron chi connectivity index (χ0n) is 18.7. The molecule has 10 heteroatoms. The fourth-order valence-corrected chi connectivity index (χ4v) is 3.75. The summed E-state index contributed by atoms with van der Waals surface area (Å²) in [6.45, 7) is 3.79. The van der Waals surface area contributed by atoms with E-state index >= 15 is 0 Å². The molecule has 35 heavy (non-hydrogen) atoms. The van der Waals surface area contributed by atoms with Gasteiger partial charge in [-0.25, -0.2) is 4.98 Å². The van der Waals surface area contributed by atoms with Crippen molar-refractivity contribution < 1.29 is 22.8 Å². The monoisotopic (exact) mass is 500 g/mol. The number of halogens is 4. The van der Waals surface area contributed by atoms with Crippen molar-refractivity contribution in [1.29, 1.82) is 0 Å². The van der Waals surface area contributed by atoms with Crippen LogP contribution in [0, 0.1) is 6.92 Å². The Morgan fingerprint density at radius 3 is 2.54 bits per heavy atom. The maximum absolute atomic E-state index is 13.1. The van der Waals surface area contributed by atoms with Crippen molar-refractivity contribution in [3.63, 3.8) is 0 Å². The molecule has 3 N–H and O–H groups in total. The number of ketones is 1. The summed E-state index contributed by atoms with van der Waals surface area (Å²) in [5, 5.41) is 6.22. The third kappa shape index (κ3) is 5.46. The highest BCUT2D eigenvalue weighted by molar-refractivity contribution is 6.31. The van der Waals surface area contributed by atoms with Gasteiger partial charge in [-0.1, -0.05) is 17.7 Å². The number of carbonyl (C=O) groups is 2. The number of hydrogen-bond donors (Lipinski definition) is 3. The zero-order chi connectivity index (χ0) is 25.3. The maximum Gasteiger partial charge on any atom is 0.417 e. The lowest BCUT2D eigenvalue weighted by atomic mass is 10.1. The van der Waals surface area contributed by atoms with Gasteiger partial charge in [-0.05, 0) is 60.5 Å². The van der Waals surface area contributed by atoms with Gasteiger partial charge in [0, 0.05) is 30.1 Å². The van der Waals surface area contributed by atoms with E-state index in [1.165, 1.54) is 13.0 Å². The summed E-state index contributed by atoms with van der Waals surface area (Å²) < 4.78 is 39.4. The number of nitrogens with one attached hydrogen (secondary N) is 3. The predicted molar refractivity (Wildman–Crippen MR) is 129 cm³/mol. The highest BCUT2D eigenvalue weighted by atomic mass is 35.5. The summed E-state index contributed by atoms with van der Waals surface area (Å²) in [5.41, 5.74) is 2.86. The molecule has 0 fully saturated rings. The Morgan fingerprint density at radius 2 is 1.83 bits per heavy atom. The van der Waals surface area contributed by atoms with E-state index in [0.717, 1.165) is 34.3 Å². The number of H-pyrrole nitrogens is 1. The van der Waals surface area contributed by atoms with Gasteiger partial charge >= 0.3 is 6.18 Å². The second-order valence-corrected chi connectivity index (χ2v) is 8.45.